The Morgan fingerprint density at radius 1 is 1.24 bits per heavy atom. The molecular formula is C26H32ClN3O6S. The van der Waals surface area contributed by atoms with Gasteiger partial charge >= 0.3 is 0 Å². The van der Waals surface area contributed by atoms with Crippen molar-refractivity contribution < 1.29 is 27.9 Å². The van der Waals surface area contributed by atoms with E-state index in [2.05, 4.69) is 5.32 Å². The Kier molecular flexibility index (Phi) is 8.13. The number of hydrogen-bond acceptors (Lipinski definition) is 6. The predicted octanol–water partition coefficient (Wildman–Crippen LogP) is 3.23. The molecule has 2 aliphatic rings. The summed E-state index contributed by atoms with van der Waals surface area (Å²) in [6, 6.07) is 10.3. The molecule has 2 N–H and O–H groups in total. The molecule has 0 bridgehead atoms. The monoisotopic (exact) mass is 549 g/mol. The van der Waals surface area contributed by atoms with Crippen LogP contribution in [0.4, 0.5) is 5.69 Å². The predicted molar refractivity (Wildman–Crippen MR) is 140 cm³/mol. The van der Waals surface area contributed by atoms with E-state index in [1.54, 1.807) is 30.0 Å². The van der Waals surface area contributed by atoms with E-state index in [0.717, 1.165) is 12.8 Å². The van der Waals surface area contributed by atoms with Crippen LogP contribution in [0.3, 0.4) is 0 Å². The summed E-state index contributed by atoms with van der Waals surface area (Å²) >= 11 is 5.92. The third kappa shape index (κ3) is 6.09. The fourth-order valence-corrected chi connectivity index (χ4v) is 5.56. The number of aliphatic hydroxyl groups excluding tert-OH is 1. The second-order valence-electron chi connectivity index (χ2n) is 9.84. The zero-order chi connectivity index (χ0) is 26.9. The molecule has 1 aliphatic carbocycles. The van der Waals surface area contributed by atoms with Crippen LogP contribution in [-0.2, 0) is 14.8 Å². The van der Waals surface area contributed by atoms with Crippen LogP contribution in [0.2, 0.25) is 5.02 Å². The van der Waals surface area contributed by atoms with Crippen LogP contribution in [0.15, 0.2) is 47.4 Å². The molecule has 0 spiro atoms. The number of carbonyl (C=O) groups is 2. The Morgan fingerprint density at radius 2 is 1.92 bits per heavy atom. The van der Waals surface area contributed by atoms with Crippen molar-refractivity contribution in [3.8, 4) is 5.75 Å². The zero-order valence-electron chi connectivity index (χ0n) is 21.1. The van der Waals surface area contributed by atoms with Gasteiger partial charge in [-0.15, -0.1) is 0 Å². The van der Waals surface area contributed by atoms with Gasteiger partial charge in [-0.2, -0.15) is 4.31 Å². The molecule has 9 nitrogen and oxygen atoms in total. The highest BCUT2D eigenvalue weighted by Gasteiger charge is 2.36. The summed E-state index contributed by atoms with van der Waals surface area (Å²) in [5.74, 6) is -0.378. The smallest absolute Gasteiger partial charge is 0.258 e. The van der Waals surface area contributed by atoms with Crippen molar-refractivity contribution in [2.45, 2.75) is 43.7 Å². The summed E-state index contributed by atoms with van der Waals surface area (Å²) in [5.41, 5.74) is 0.728. The van der Waals surface area contributed by atoms with Crippen LogP contribution in [0.1, 0.15) is 37.0 Å². The van der Waals surface area contributed by atoms with E-state index in [1.807, 2.05) is 6.92 Å². The van der Waals surface area contributed by atoms with Crippen LogP contribution in [0.5, 0.6) is 5.75 Å². The number of benzene rings is 2. The number of sulfonamides is 1. The molecular weight excluding hydrogens is 518 g/mol. The summed E-state index contributed by atoms with van der Waals surface area (Å²) < 4.78 is 33.9. The number of aliphatic hydroxyl groups is 1. The van der Waals surface area contributed by atoms with Gasteiger partial charge in [0, 0.05) is 36.1 Å². The first kappa shape index (κ1) is 27.4. The minimum absolute atomic E-state index is 0.00299. The zero-order valence-corrected chi connectivity index (χ0v) is 22.6. The lowest BCUT2D eigenvalue weighted by Gasteiger charge is -2.38. The summed E-state index contributed by atoms with van der Waals surface area (Å²) in [5, 5.41) is 13.1. The normalized spacial score (nSPS) is 21.0. The highest BCUT2D eigenvalue weighted by molar-refractivity contribution is 7.89. The van der Waals surface area contributed by atoms with E-state index < -0.39 is 22.2 Å². The molecule has 37 heavy (non-hydrogen) atoms. The minimum atomic E-state index is -3.82. The van der Waals surface area contributed by atoms with Gasteiger partial charge in [0.1, 0.15) is 11.9 Å². The van der Waals surface area contributed by atoms with E-state index in [4.69, 9.17) is 16.3 Å². The standard InChI is InChI=1S/C26H32ClN3O6S/c1-16-13-30(17(2)15-31)26(33)22-12-20(28-25(32)18-4-5-18)8-11-23(22)36-24(16)14-29(3)37(34,35)21-9-6-19(27)7-10-21/h6-12,16-18,24,31H,4-5,13-15H2,1-3H3,(H,28,32)/t16-,17+,24-/m0/s1. The molecule has 1 saturated carbocycles. The van der Waals surface area contributed by atoms with Crippen molar-refractivity contribution in [1.82, 2.24) is 9.21 Å². The second-order valence-corrected chi connectivity index (χ2v) is 12.3. The maximum atomic E-state index is 13.5. The van der Waals surface area contributed by atoms with Gasteiger partial charge in [0.15, 0.2) is 0 Å². The van der Waals surface area contributed by atoms with Gasteiger partial charge in [0.2, 0.25) is 15.9 Å². The van der Waals surface area contributed by atoms with Crippen molar-refractivity contribution in [2.24, 2.45) is 11.8 Å². The molecule has 1 fully saturated rings. The van der Waals surface area contributed by atoms with E-state index in [1.165, 1.54) is 35.6 Å². The Balaban J connectivity index is 1.64. The molecule has 4 rings (SSSR count). The van der Waals surface area contributed by atoms with E-state index in [-0.39, 0.29) is 53.8 Å². The number of carbonyl (C=O) groups excluding carboxylic acids is 2. The number of anilines is 1. The molecule has 2 aromatic carbocycles. The van der Waals surface area contributed by atoms with Crippen LogP contribution < -0.4 is 10.1 Å². The van der Waals surface area contributed by atoms with Gasteiger partial charge < -0.3 is 20.1 Å². The third-order valence-corrected chi connectivity index (χ3v) is 8.93. The van der Waals surface area contributed by atoms with Crippen molar-refractivity contribution in [2.75, 3.05) is 32.1 Å². The molecule has 3 atom stereocenters. The maximum absolute atomic E-state index is 13.5. The number of amides is 2. The molecule has 0 unspecified atom stereocenters. The first-order chi connectivity index (χ1) is 17.5. The topological polar surface area (TPSA) is 116 Å². The number of fused-ring (bicyclic) bond motifs is 1. The number of nitrogens with zero attached hydrogens (tertiary/aromatic N) is 2. The van der Waals surface area contributed by atoms with Gasteiger partial charge in [-0.05, 0) is 62.2 Å². The molecule has 1 heterocycles. The molecule has 2 amide bonds. The molecule has 0 aromatic heterocycles. The van der Waals surface area contributed by atoms with Gasteiger partial charge in [0.25, 0.3) is 5.91 Å². The Hall–Kier alpha value is -2.66. The third-order valence-electron chi connectivity index (χ3n) is 6.84. The molecule has 11 heteroatoms. The Morgan fingerprint density at radius 3 is 2.54 bits per heavy atom. The number of rotatable bonds is 8. The molecule has 0 radical (unpaired) electrons. The highest BCUT2D eigenvalue weighted by Crippen LogP contribution is 2.33. The first-order valence-electron chi connectivity index (χ1n) is 12.3. The van der Waals surface area contributed by atoms with E-state index in [0.29, 0.717) is 16.5 Å². The van der Waals surface area contributed by atoms with Gasteiger partial charge in [-0.25, -0.2) is 8.42 Å². The van der Waals surface area contributed by atoms with Crippen LogP contribution in [-0.4, -0.2) is 73.4 Å². The van der Waals surface area contributed by atoms with Crippen molar-refractivity contribution in [3.63, 3.8) is 0 Å². The average molecular weight is 550 g/mol. The summed E-state index contributed by atoms with van der Waals surface area (Å²) in [6.07, 6.45) is 1.11. The largest absolute Gasteiger partial charge is 0.488 e. The second kappa shape index (κ2) is 11.0. The van der Waals surface area contributed by atoms with Crippen molar-refractivity contribution in [3.05, 3.63) is 53.1 Å². The van der Waals surface area contributed by atoms with E-state index in [9.17, 15) is 23.1 Å². The number of nitrogens with one attached hydrogen (secondary N) is 1. The molecule has 200 valence electrons. The number of ether oxygens (including phenoxy) is 1. The fourth-order valence-electron chi connectivity index (χ4n) is 4.25. The first-order valence-corrected chi connectivity index (χ1v) is 14.1. The van der Waals surface area contributed by atoms with Crippen LogP contribution in [0, 0.1) is 11.8 Å². The Labute approximate surface area is 222 Å². The van der Waals surface area contributed by atoms with Crippen molar-refractivity contribution >= 4 is 39.1 Å². The van der Waals surface area contributed by atoms with Gasteiger partial charge in [-0.1, -0.05) is 18.5 Å². The highest BCUT2D eigenvalue weighted by atomic mass is 35.5. The van der Waals surface area contributed by atoms with Gasteiger partial charge in [-0.3, -0.25) is 9.59 Å². The van der Waals surface area contributed by atoms with Crippen LogP contribution >= 0.6 is 11.6 Å². The maximum Gasteiger partial charge on any atom is 0.258 e. The molecule has 1 aliphatic heterocycles. The van der Waals surface area contributed by atoms with E-state index >= 15 is 0 Å². The molecule has 2 aromatic rings. The summed E-state index contributed by atoms with van der Waals surface area (Å²) in [6.45, 7) is 3.67. The Bertz CT molecular complexity index is 1270. The number of hydrogen-bond donors (Lipinski definition) is 2. The fraction of sp³-hybridized carbons (Fsp3) is 0.462. The lowest BCUT2D eigenvalue weighted by molar-refractivity contribution is -0.117. The number of halogens is 1. The van der Waals surface area contributed by atoms with Crippen LogP contribution in [0.25, 0.3) is 0 Å². The number of likely N-dealkylation sites (N-methyl/N-ethyl adjacent to an activating group) is 1. The summed E-state index contributed by atoms with van der Waals surface area (Å²) in [4.78, 5) is 27.5. The average Bonchev–Trinajstić information content (AvgIpc) is 3.72. The minimum Gasteiger partial charge on any atom is -0.488 e. The summed E-state index contributed by atoms with van der Waals surface area (Å²) in [7, 11) is -2.34. The lowest BCUT2D eigenvalue weighted by Crippen LogP contribution is -2.50. The molecule has 0 saturated heterocycles. The van der Waals surface area contributed by atoms with Gasteiger partial charge in [0.05, 0.1) is 29.7 Å². The SMILES string of the molecule is C[C@H](CO)N1C[C@H](C)[C@H](CN(C)S(=O)(=O)c2ccc(Cl)cc2)Oc2ccc(NC(=O)C3CC3)cc2C1=O. The quantitative estimate of drug-likeness (QED) is 0.522. The lowest BCUT2D eigenvalue weighted by atomic mass is 9.99. The van der Waals surface area contributed by atoms with Crippen molar-refractivity contribution in [1.29, 1.82) is 0 Å².